The summed E-state index contributed by atoms with van der Waals surface area (Å²) >= 11 is 0. The van der Waals surface area contributed by atoms with Crippen LogP contribution in [0.25, 0.3) is 5.65 Å². The maximum Gasteiger partial charge on any atom is 0.408 e. The van der Waals surface area contributed by atoms with Crippen LogP contribution in [0.5, 0.6) is 0 Å². The number of hydrogen-bond donors (Lipinski definition) is 0. The molecule has 1 saturated heterocycles. The number of fused-ring (bicyclic) bond motifs is 1. The van der Waals surface area contributed by atoms with E-state index in [1.54, 1.807) is 0 Å². The van der Waals surface area contributed by atoms with Gasteiger partial charge in [0.1, 0.15) is 12.9 Å². The van der Waals surface area contributed by atoms with Gasteiger partial charge in [-0.3, -0.25) is 0 Å². The monoisotopic (exact) mass is 368 g/mol. The molecular formula is C10H11F3N6O4S. The molecule has 0 saturated carbocycles. The molecule has 3 heterocycles. The van der Waals surface area contributed by atoms with E-state index in [-0.39, 0.29) is 31.0 Å². The van der Waals surface area contributed by atoms with Crippen LogP contribution < -0.4 is 5.69 Å². The van der Waals surface area contributed by atoms with Gasteiger partial charge in [-0.25, -0.2) is 22.6 Å². The van der Waals surface area contributed by atoms with Crippen molar-refractivity contribution in [3.8, 4) is 0 Å². The van der Waals surface area contributed by atoms with E-state index in [2.05, 4.69) is 15.3 Å². The van der Waals surface area contributed by atoms with Crippen LogP contribution in [0.3, 0.4) is 0 Å². The van der Waals surface area contributed by atoms with Crippen molar-refractivity contribution < 1.29 is 26.3 Å². The van der Waals surface area contributed by atoms with Gasteiger partial charge in [0.05, 0.1) is 13.2 Å². The van der Waals surface area contributed by atoms with E-state index in [1.165, 1.54) is 0 Å². The second-order valence-corrected chi connectivity index (χ2v) is 6.76. The Morgan fingerprint density at radius 2 is 1.92 bits per heavy atom. The first-order chi connectivity index (χ1) is 11.2. The molecule has 1 fully saturated rings. The quantitative estimate of drug-likeness (QED) is 0.674. The molecule has 132 valence electrons. The molecule has 0 bridgehead atoms. The first-order valence-corrected chi connectivity index (χ1v) is 8.10. The van der Waals surface area contributed by atoms with Crippen molar-refractivity contribution in [1.29, 1.82) is 0 Å². The van der Waals surface area contributed by atoms with Gasteiger partial charge in [-0.2, -0.15) is 22.2 Å². The van der Waals surface area contributed by atoms with Crippen LogP contribution >= 0.6 is 0 Å². The molecule has 0 aromatic carbocycles. The third-order valence-electron chi connectivity index (χ3n) is 3.27. The van der Waals surface area contributed by atoms with E-state index in [0.717, 1.165) is 10.6 Å². The zero-order valence-corrected chi connectivity index (χ0v) is 12.8. The molecule has 0 atom stereocenters. The number of morpholine rings is 1. The van der Waals surface area contributed by atoms with E-state index in [4.69, 9.17) is 4.74 Å². The van der Waals surface area contributed by atoms with Gasteiger partial charge in [0.25, 0.3) is 10.0 Å². The summed E-state index contributed by atoms with van der Waals surface area (Å²) in [7, 11) is -4.06. The molecule has 1 aliphatic rings. The van der Waals surface area contributed by atoms with Gasteiger partial charge < -0.3 is 4.74 Å². The molecule has 3 rings (SSSR count). The lowest BCUT2D eigenvalue weighted by Crippen LogP contribution is -2.41. The van der Waals surface area contributed by atoms with Gasteiger partial charge in [-0.15, -0.1) is 5.10 Å². The molecular weight excluding hydrogens is 357 g/mol. The maximum absolute atomic E-state index is 12.5. The summed E-state index contributed by atoms with van der Waals surface area (Å²) in [5.74, 6) is 0. The first kappa shape index (κ1) is 16.8. The average molecular weight is 368 g/mol. The standard InChI is InChI=1S/C10H11F3N6O4S/c11-10(12,13)5-19-9(20)18-6-14-8(7(18)15-16-19)24(21,22)17-1-3-23-4-2-17/h6H,1-5H2. The van der Waals surface area contributed by atoms with Crippen molar-refractivity contribution in [1.82, 2.24) is 28.7 Å². The van der Waals surface area contributed by atoms with Crippen molar-refractivity contribution in [3.63, 3.8) is 0 Å². The number of hydrogen-bond acceptors (Lipinski definition) is 7. The highest BCUT2D eigenvalue weighted by molar-refractivity contribution is 7.89. The molecule has 10 nitrogen and oxygen atoms in total. The Balaban J connectivity index is 2.05. The number of aromatic nitrogens is 5. The maximum atomic E-state index is 12.5. The summed E-state index contributed by atoms with van der Waals surface area (Å²) in [6.07, 6.45) is -3.86. The van der Waals surface area contributed by atoms with Crippen LogP contribution in [0.4, 0.5) is 13.2 Å². The van der Waals surface area contributed by atoms with E-state index in [0.29, 0.717) is 4.40 Å². The fraction of sp³-hybridized carbons (Fsp3) is 0.600. The lowest BCUT2D eigenvalue weighted by Gasteiger charge is -2.24. The molecule has 2 aromatic rings. The SMILES string of the molecule is O=c1n(CC(F)(F)F)nnc2c(S(=O)(=O)N3CCOCC3)ncn12. The fourth-order valence-electron chi connectivity index (χ4n) is 2.18. The van der Waals surface area contributed by atoms with E-state index in [9.17, 15) is 26.4 Å². The second kappa shape index (κ2) is 5.78. The number of rotatable bonds is 3. The zero-order chi connectivity index (χ0) is 17.5. The Kier molecular flexibility index (Phi) is 4.05. The normalized spacial score (nSPS) is 17.5. The highest BCUT2D eigenvalue weighted by atomic mass is 32.2. The molecule has 0 N–H and O–H groups in total. The summed E-state index contributed by atoms with van der Waals surface area (Å²) in [4.78, 5) is 15.6. The van der Waals surface area contributed by atoms with Crippen molar-refractivity contribution in [2.45, 2.75) is 17.7 Å². The molecule has 2 aromatic heterocycles. The summed E-state index contributed by atoms with van der Waals surface area (Å²) in [6.45, 7) is -1.04. The summed E-state index contributed by atoms with van der Waals surface area (Å²) < 4.78 is 69.1. The van der Waals surface area contributed by atoms with E-state index in [1.807, 2.05) is 0 Å². The van der Waals surface area contributed by atoms with Crippen LogP contribution in [-0.2, 0) is 21.3 Å². The molecule has 0 radical (unpaired) electrons. The molecule has 24 heavy (non-hydrogen) atoms. The Bertz CT molecular complexity index is 915. The lowest BCUT2D eigenvalue weighted by molar-refractivity contribution is -0.144. The van der Waals surface area contributed by atoms with Crippen LogP contribution in [0.2, 0.25) is 0 Å². The Morgan fingerprint density at radius 1 is 1.25 bits per heavy atom. The largest absolute Gasteiger partial charge is 0.408 e. The minimum absolute atomic E-state index is 0.0831. The number of ether oxygens (including phenoxy) is 1. The number of nitrogens with zero attached hydrogens (tertiary/aromatic N) is 6. The van der Waals surface area contributed by atoms with Crippen LogP contribution in [-0.4, -0.2) is 69.6 Å². The van der Waals surface area contributed by atoms with Crippen molar-refractivity contribution in [2.75, 3.05) is 26.3 Å². The van der Waals surface area contributed by atoms with Gasteiger partial charge in [-0.1, -0.05) is 5.21 Å². The number of alkyl halides is 3. The minimum atomic E-state index is -4.67. The highest BCUT2D eigenvalue weighted by Gasteiger charge is 2.33. The van der Waals surface area contributed by atoms with Gasteiger partial charge >= 0.3 is 11.9 Å². The molecule has 0 amide bonds. The van der Waals surface area contributed by atoms with Crippen LogP contribution in [0, 0.1) is 0 Å². The topological polar surface area (TPSA) is 112 Å². The molecule has 0 unspecified atom stereocenters. The van der Waals surface area contributed by atoms with E-state index >= 15 is 0 Å². The second-order valence-electron chi connectivity index (χ2n) is 4.90. The van der Waals surface area contributed by atoms with Gasteiger partial charge in [0, 0.05) is 13.1 Å². The number of halogens is 3. The van der Waals surface area contributed by atoms with Crippen LogP contribution in [0.1, 0.15) is 0 Å². The average Bonchev–Trinajstić information content (AvgIpc) is 2.95. The fourth-order valence-corrected chi connectivity index (χ4v) is 3.60. The smallest absolute Gasteiger partial charge is 0.379 e. The van der Waals surface area contributed by atoms with Gasteiger partial charge in [-0.05, 0) is 0 Å². The van der Waals surface area contributed by atoms with Gasteiger partial charge in [0.15, 0.2) is 0 Å². The van der Waals surface area contributed by atoms with Crippen molar-refractivity contribution >= 4 is 15.7 Å². The lowest BCUT2D eigenvalue weighted by atomic mass is 10.5. The highest BCUT2D eigenvalue weighted by Crippen LogP contribution is 2.19. The predicted molar refractivity (Wildman–Crippen MR) is 70.7 cm³/mol. The van der Waals surface area contributed by atoms with Crippen molar-refractivity contribution in [2.24, 2.45) is 0 Å². The molecule has 0 aliphatic carbocycles. The Labute approximate surface area is 132 Å². The van der Waals surface area contributed by atoms with Gasteiger partial charge in [0.2, 0.25) is 10.7 Å². The van der Waals surface area contributed by atoms with E-state index < -0.39 is 39.1 Å². The predicted octanol–water partition coefficient (Wildman–Crippen LogP) is -1.13. The minimum Gasteiger partial charge on any atom is -0.379 e. The molecule has 14 heteroatoms. The Morgan fingerprint density at radius 3 is 2.54 bits per heavy atom. The third kappa shape index (κ3) is 2.99. The first-order valence-electron chi connectivity index (χ1n) is 6.66. The third-order valence-corrected chi connectivity index (χ3v) is 5.09. The summed E-state index contributed by atoms with van der Waals surface area (Å²) in [6, 6.07) is 0. The zero-order valence-electron chi connectivity index (χ0n) is 12.0. The Hall–Kier alpha value is -2.06. The number of sulfonamides is 1. The van der Waals surface area contributed by atoms with Crippen molar-refractivity contribution in [3.05, 3.63) is 16.8 Å². The molecule has 0 spiro atoms. The molecule has 1 aliphatic heterocycles. The summed E-state index contributed by atoms with van der Waals surface area (Å²) in [5.41, 5.74) is -1.61. The van der Waals surface area contributed by atoms with Crippen LogP contribution in [0.15, 0.2) is 16.1 Å². The number of imidazole rings is 1. The summed E-state index contributed by atoms with van der Waals surface area (Å²) in [5, 5.41) is 6.04.